The lowest BCUT2D eigenvalue weighted by atomic mass is 10.2. The largest absolute Gasteiger partial charge is 0.493 e. The minimum Gasteiger partial charge on any atom is -0.493 e. The molecule has 108 valence electrons. The molecule has 3 aromatic rings. The molecule has 0 saturated carbocycles. The second-order valence-electron chi connectivity index (χ2n) is 4.78. The van der Waals surface area contributed by atoms with E-state index in [4.69, 9.17) is 9.47 Å². The van der Waals surface area contributed by atoms with Crippen molar-refractivity contribution in [2.24, 2.45) is 0 Å². The number of benzene rings is 2. The van der Waals surface area contributed by atoms with Crippen LogP contribution in [0.2, 0.25) is 0 Å². The van der Waals surface area contributed by atoms with E-state index in [2.05, 4.69) is 0 Å². The van der Waals surface area contributed by atoms with Crippen molar-refractivity contribution in [2.45, 2.75) is 6.42 Å². The van der Waals surface area contributed by atoms with Gasteiger partial charge in [0, 0.05) is 40.3 Å². The van der Waals surface area contributed by atoms with Gasteiger partial charge in [-0.1, -0.05) is 12.1 Å². The van der Waals surface area contributed by atoms with Crippen molar-refractivity contribution < 1.29 is 9.47 Å². The topological polar surface area (TPSA) is 35.5 Å². The van der Waals surface area contributed by atoms with E-state index in [1.807, 2.05) is 42.5 Å². The third kappa shape index (κ3) is 2.91. The van der Waals surface area contributed by atoms with Crippen LogP contribution >= 0.6 is 11.3 Å². The fraction of sp³-hybridized carbons (Fsp3) is 0.235. The summed E-state index contributed by atoms with van der Waals surface area (Å²) in [5.41, 5.74) is 0.0882. The molecule has 0 unspecified atom stereocenters. The minimum absolute atomic E-state index is 0.0882. The highest BCUT2D eigenvalue weighted by atomic mass is 32.1. The maximum absolute atomic E-state index is 12.4. The van der Waals surface area contributed by atoms with E-state index in [-0.39, 0.29) is 5.43 Å². The lowest BCUT2D eigenvalue weighted by molar-refractivity contribution is 0.172. The molecule has 1 aromatic heterocycles. The van der Waals surface area contributed by atoms with Gasteiger partial charge < -0.3 is 9.47 Å². The Morgan fingerprint density at radius 3 is 2.67 bits per heavy atom. The molecule has 0 bridgehead atoms. The molecule has 0 spiro atoms. The Labute approximate surface area is 126 Å². The zero-order valence-corrected chi connectivity index (χ0v) is 12.6. The second kappa shape index (κ2) is 6.24. The zero-order chi connectivity index (χ0) is 14.7. The summed E-state index contributed by atoms with van der Waals surface area (Å²) in [5.74, 6) is 0.796. The third-order valence-corrected chi connectivity index (χ3v) is 4.44. The monoisotopic (exact) mass is 300 g/mol. The molecular formula is C17H16O3S. The van der Waals surface area contributed by atoms with Crippen LogP contribution in [-0.2, 0) is 4.74 Å². The van der Waals surface area contributed by atoms with E-state index in [0.29, 0.717) is 13.2 Å². The first kappa shape index (κ1) is 14.0. The molecule has 1 heterocycles. The first-order valence-corrected chi connectivity index (χ1v) is 7.68. The summed E-state index contributed by atoms with van der Waals surface area (Å²) in [6.45, 7) is 1.30. The Bertz CT molecular complexity index is 823. The molecule has 3 rings (SSSR count). The molecule has 3 nitrogen and oxygen atoms in total. The maximum Gasteiger partial charge on any atom is 0.195 e. The van der Waals surface area contributed by atoms with Gasteiger partial charge in [-0.3, -0.25) is 4.79 Å². The van der Waals surface area contributed by atoms with Gasteiger partial charge in [0.2, 0.25) is 0 Å². The van der Waals surface area contributed by atoms with Crippen molar-refractivity contribution in [3.63, 3.8) is 0 Å². The first-order chi connectivity index (χ1) is 10.3. The average Bonchev–Trinajstić information content (AvgIpc) is 2.52. The summed E-state index contributed by atoms with van der Waals surface area (Å²) in [6.07, 6.45) is 0.850. The lowest BCUT2D eigenvalue weighted by Crippen LogP contribution is -2.03. The molecule has 0 amide bonds. The highest BCUT2D eigenvalue weighted by Crippen LogP contribution is 2.27. The zero-order valence-electron chi connectivity index (χ0n) is 11.8. The van der Waals surface area contributed by atoms with Crippen molar-refractivity contribution >= 4 is 31.5 Å². The molecule has 0 aliphatic rings. The number of ether oxygens (including phenoxy) is 2. The van der Waals surface area contributed by atoms with E-state index in [1.165, 1.54) is 0 Å². The highest BCUT2D eigenvalue weighted by molar-refractivity contribution is 7.24. The van der Waals surface area contributed by atoms with E-state index in [0.717, 1.165) is 32.3 Å². The van der Waals surface area contributed by atoms with Gasteiger partial charge in [0.25, 0.3) is 0 Å². The van der Waals surface area contributed by atoms with Crippen LogP contribution in [0.25, 0.3) is 20.2 Å². The van der Waals surface area contributed by atoms with Crippen LogP contribution in [0.4, 0.5) is 0 Å². The van der Waals surface area contributed by atoms with Gasteiger partial charge in [-0.15, -0.1) is 11.3 Å². The predicted octanol–water partition coefficient (Wildman–Crippen LogP) is 3.83. The van der Waals surface area contributed by atoms with Crippen LogP contribution in [-0.4, -0.2) is 20.3 Å². The molecule has 4 heteroatoms. The number of methoxy groups -OCH3 is 1. The van der Waals surface area contributed by atoms with Gasteiger partial charge in [-0.2, -0.15) is 0 Å². The minimum atomic E-state index is 0.0882. The van der Waals surface area contributed by atoms with Crippen LogP contribution < -0.4 is 10.2 Å². The van der Waals surface area contributed by atoms with Gasteiger partial charge in [-0.05, 0) is 30.3 Å². The molecule has 0 aliphatic carbocycles. The maximum atomic E-state index is 12.4. The Hall–Kier alpha value is -1.91. The second-order valence-corrected chi connectivity index (χ2v) is 5.86. The molecule has 0 aliphatic heterocycles. The van der Waals surface area contributed by atoms with Crippen molar-refractivity contribution in [1.82, 2.24) is 0 Å². The fourth-order valence-electron chi connectivity index (χ4n) is 2.26. The lowest BCUT2D eigenvalue weighted by Gasteiger charge is -2.07. The molecule has 0 atom stereocenters. The summed E-state index contributed by atoms with van der Waals surface area (Å²) in [4.78, 5) is 12.4. The van der Waals surface area contributed by atoms with Gasteiger partial charge in [0.15, 0.2) is 5.43 Å². The summed E-state index contributed by atoms with van der Waals surface area (Å²) < 4.78 is 12.7. The van der Waals surface area contributed by atoms with E-state index in [9.17, 15) is 4.79 Å². The summed E-state index contributed by atoms with van der Waals surface area (Å²) in [5, 5.41) is 1.53. The third-order valence-electron chi connectivity index (χ3n) is 3.31. The van der Waals surface area contributed by atoms with E-state index >= 15 is 0 Å². The Kier molecular flexibility index (Phi) is 4.18. The molecule has 0 N–H and O–H groups in total. The van der Waals surface area contributed by atoms with Crippen LogP contribution in [0.15, 0.2) is 47.3 Å². The Morgan fingerprint density at radius 1 is 1.00 bits per heavy atom. The van der Waals surface area contributed by atoms with Crippen molar-refractivity contribution in [2.75, 3.05) is 20.3 Å². The van der Waals surface area contributed by atoms with Gasteiger partial charge in [0.1, 0.15) is 5.75 Å². The molecular weight excluding hydrogens is 284 g/mol. The number of hydrogen-bond donors (Lipinski definition) is 0. The molecule has 0 fully saturated rings. The number of fused-ring (bicyclic) bond motifs is 2. The van der Waals surface area contributed by atoms with Crippen LogP contribution in [0.3, 0.4) is 0 Å². The van der Waals surface area contributed by atoms with E-state index < -0.39 is 0 Å². The molecule has 2 aromatic carbocycles. The van der Waals surface area contributed by atoms with Crippen LogP contribution in [0.1, 0.15) is 6.42 Å². The van der Waals surface area contributed by atoms with Crippen LogP contribution in [0, 0.1) is 0 Å². The highest BCUT2D eigenvalue weighted by Gasteiger charge is 2.06. The Balaban J connectivity index is 1.97. The molecule has 0 radical (unpaired) electrons. The van der Waals surface area contributed by atoms with E-state index in [1.54, 1.807) is 18.4 Å². The Morgan fingerprint density at radius 2 is 1.81 bits per heavy atom. The van der Waals surface area contributed by atoms with Crippen LogP contribution in [0.5, 0.6) is 5.75 Å². The van der Waals surface area contributed by atoms with Gasteiger partial charge >= 0.3 is 0 Å². The standard InChI is InChI=1S/C17H16O3S/c1-19-9-4-10-20-12-7-8-14-16(11-12)21-15-6-3-2-5-13(15)17(14)18/h2-3,5-8,11H,4,9-10H2,1H3. The molecule has 0 saturated heterocycles. The number of hydrogen-bond acceptors (Lipinski definition) is 4. The SMILES string of the molecule is COCCCOc1ccc2c(=O)c3ccccc3sc2c1. The van der Waals surface area contributed by atoms with Crippen molar-refractivity contribution in [3.05, 3.63) is 52.7 Å². The first-order valence-electron chi connectivity index (χ1n) is 6.87. The van der Waals surface area contributed by atoms with Crippen molar-refractivity contribution in [1.29, 1.82) is 0 Å². The summed E-state index contributed by atoms with van der Waals surface area (Å²) in [7, 11) is 1.68. The summed E-state index contributed by atoms with van der Waals surface area (Å²) in [6, 6.07) is 13.4. The predicted molar refractivity (Wildman–Crippen MR) is 87.6 cm³/mol. The quantitative estimate of drug-likeness (QED) is 0.530. The normalized spacial score (nSPS) is 11.1. The summed E-state index contributed by atoms with van der Waals surface area (Å²) >= 11 is 1.62. The van der Waals surface area contributed by atoms with Gasteiger partial charge in [0.05, 0.1) is 6.61 Å². The number of rotatable bonds is 5. The molecule has 21 heavy (non-hydrogen) atoms. The smallest absolute Gasteiger partial charge is 0.195 e. The fourth-order valence-corrected chi connectivity index (χ4v) is 3.36. The van der Waals surface area contributed by atoms with Crippen molar-refractivity contribution in [3.8, 4) is 5.75 Å². The average molecular weight is 300 g/mol. The van der Waals surface area contributed by atoms with Gasteiger partial charge in [-0.25, -0.2) is 0 Å².